The second-order valence-electron chi connectivity index (χ2n) is 5.87. The van der Waals surface area contributed by atoms with Crippen molar-refractivity contribution in [2.45, 2.75) is 39.3 Å². The summed E-state index contributed by atoms with van der Waals surface area (Å²) in [6, 6.07) is 2.77. The SMILES string of the molecule is CC1CC(C)CN(C(c2cc(Br)cs2)C(C)N)C1. The molecular weight excluding hydrogens is 308 g/mol. The van der Waals surface area contributed by atoms with Crippen LogP contribution in [0.15, 0.2) is 15.9 Å². The first-order chi connectivity index (χ1) is 8.47. The van der Waals surface area contributed by atoms with Crippen molar-refractivity contribution in [1.82, 2.24) is 4.90 Å². The standard InChI is InChI=1S/C14H23BrN2S/c1-9-4-10(2)7-17(6-9)14(11(3)16)13-5-12(15)8-18-13/h5,8-11,14H,4,6-7,16H2,1-3H3. The Hall–Kier alpha value is 0.1000. The van der Waals surface area contributed by atoms with Gasteiger partial charge in [0.15, 0.2) is 0 Å². The summed E-state index contributed by atoms with van der Waals surface area (Å²) in [5.41, 5.74) is 6.25. The molecule has 1 aromatic heterocycles. The fraction of sp³-hybridized carbons (Fsp3) is 0.714. The van der Waals surface area contributed by atoms with Crippen LogP contribution in [0.4, 0.5) is 0 Å². The minimum Gasteiger partial charge on any atom is -0.326 e. The zero-order chi connectivity index (χ0) is 13.3. The largest absolute Gasteiger partial charge is 0.326 e. The Morgan fingerprint density at radius 2 is 2.00 bits per heavy atom. The van der Waals surface area contributed by atoms with E-state index in [1.807, 2.05) is 11.3 Å². The molecule has 1 aliphatic heterocycles. The normalized spacial score (nSPS) is 29.2. The minimum atomic E-state index is 0.174. The van der Waals surface area contributed by atoms with Crippen LogP contribution in [0, 0.1) is 11.8 Å². The van der Waals surface area contributed by atoms with E-state index in [0.29, 0.717) is 6.04 Å². The first-order valence-corrected chi connectivity index (χ1v) is 8.38. The van der Waals surface area contributed by atoms with Crippen molar-refractivity contribution < 1.29 is 0 Å². The number of piperidine rings is 1. The molecule has 0 aromatic carbocycles. The van der Waals surface area contributed by atoms with Crippen molar-refractivity contribution in [3.63, 3.8) is 0 Å². The predicted molar refractivity (Wildman–Crippen MR) is 82.9 cm³/mol. The number of rotatable bonds is 3. The minimum absolute atomic E-state index is 0.174. The summed E-state index contributed by atoms with van der Waals surface area (Å²) < 4.78 is 1.17. The van der Waals surface area contributed by atoms with Crippen LogP contribution in [0.1, 0.15) is 38.1 Å². The maximum absolute atomic E-state index is 6.25. The summed E-state index contributed by atoms with van der Waals surface area (Å²) in [5, 5.41) is 2.15. The van der Waals surface area contributed by atoms with Crippen molar-refractivity contribution in [3.8, 4) is 0 Å². The maximum atomic E-state index is 6.25. The predicted octanol–water partition coefficient (Wildman–Crippen LogP) is 3.88. The van der Waals surface area contributed by atoms with E-state index in [-0.39, 0.29) is 6.04 Å². The molecule has 0 aliphatic carbocycles. The molecule has 4 unspecified atom stereocenters. The number of likely N-dealkylation sites (tertiary alicyclic amines) is 1. The fourth-order valence-corrected chi connectivity index (χ4v) is 4.89. The molecule has 1 aliphatic rings. The van der Waals surface area contributed by atoms with Crippen LogP contribution >= 0.6 is 27.3 Å². The van der Waals surface area contributed by atoms with Gasteiger partial charge in [-0.05, 0) is 47.2 Å². The molecular formula is C14H23BrN2S. The third-order valence-electron chi connectivity index (χ3n) is 3.67. The van der Waals surface area contributed by atoms with Crippen molar-refractivity contribution in [1.29, 1.82) is 0 Å². The second kappa shape index (κ2) is 6.04. The molecule has 102 valence electrons. The molecule has 4 atom stereocenters. The smallest absolute Gasteiger partial charge is 0.0591 e. The van der Waals surface area contributed by atoms with Crippen molar-refractivity contribution >= 4 is 27.3 Å². The number of thiophene rings is 1. The van der Waals surface area contributed by atoms with Gasteiger partial charge in [0.25, 0.3) is 0 Å². The van der Waals surface area contributed by atoms with Crippen LogP contribution < -0.4 is 5.73 Å². The van der Waals surface area contributed by atoms with E-state index in [9.17, 15) is 0 Å². The molecule has 0 radical (unpaired) electrons. The first kappa shape index (κ1) is 14.5. The van der Waals surface area contributed by atoms with Crippen molar-refractivity contribution in [2.75, 3.05) is 13.1 Å². The molecule has 1 fully saturated rings. The lowest BCUT2D eigenvalue weighted by Gasteiger charge is -2.41. The van der Waals surface area contributed by atoms with Crippen LogP contribution in [0.3, 0.4) is 0 Å². The van der Waals surface area contributed by atoms with E-state index >= 15 is 0 Å². The molecule has 0 spiro atoms. The molecule has 0 bridgehead atoms. The van der Waals surface area contributed by atoms with E-state index in [4.69, 9.17) is 5.73 Å². The summed E-state index contributed by atoms with van der Waals surface area (Å²) in [4.78, 5) is 3.97. The first-order valence-electron chi connectivity index (χ1n) is 6.71. The lowest BCUT2D eigenvalue weighted by atomic mass is 9.89. The summed E-state index contributed by atoms with van der Waals surface area (Å²) in [7, 11) is 0. The Balaban J connectivity index is 2.19. The third kappa shape index (κ3) is 3.35. The Bertz CT molecular complexity index is 381. The zero-order valence-corrected chi connectivity index (χ0v) is 13.8. The summed E-state index contributed by atoms with van der Waals surface area (Å²) in [5.74, 6) is 1.55. The van der Waals surface area contributed by atoms with Crippen molar-refractivity contribution in [2.24, 2.45) is 17.6 Å². The Morgan fingerprint density at radius 3 is 2.44 bits per heavy atom. The molecule has 2 rings (SSSR count). The van der Waals surface area contributed by atoms with Crippen LogP contribution in [0.25, 0.3) is 0 Å². The topological polar surface area (TPSA) is 29.3 Å². The lowest BCUT2D eigenvalue weighted by molar-refractivity contribution is 0.0863. The molecule has 1 aromatic rings. The number of hydrogen-bond acceptors (Lipinski definition) is 3. The van der Waals surface area contributed by atoms with Gasteiger partial charge in [-0.3, -0.25) is 4.90 Å². The molecule has 2 nitrogen and oxygen atoms in total. The monoisotopic (exact) mass is 330 g/mol. The van der Waals surface area contributed by atoms with Gasteiger partial charge in [0.2, 0.25) is 0 Å². The van der Waals surface area contributed by atoms with E-state index in [1.165, 1.54) is 28.9 Å². The van der Waals surface area contributed by atoms with Crippen LogP contribution in [0.2, 0.25) is 0 Å². The summed E-state index contributed by atoms with van der Waals surface area (Å²) in [6.45, 7) is 9.18. The van der Waals surface area contributed by atoms with Gasteiger partial charge in [0.05, 0.1) is 6.04 Å². The molecule has 1 saturated heterocycles. The Labute approximate surface area is 123 Å². The van der Waals surface area contributed by atoms with Gasteiger partial charge in [-0.15, -0.1) is 11.3 Å². The van der Waals surface area contributed by atoms with Crippen LogP contribution in [-0.2, 0) is 0 Å². The van der Waals surface area contributed by atoms with Gasteiger partial charge in [0.1, 0.15) is 0 Å². The lowest BCUT2D eigenvalue weighted by Crippen LogP contribution is -2.46. The number of hydrogen-bond donors (Lipinski definition) is 1. The molecule has 2 heterocycles. The van der Waals surface area contributed by atoms with E-state index in [2.05, 4.69) is 53.0 Å². The highest BCUT2D eigenvalue weighted by atomic mass is 79.9. The van der Waals surface area contributed by atoms with Gasteiger partial charge in [-0.25, -0.2) is 0 Å². The number of nitrogens with zero attached hydrogens (tertiary/aromatic N) is 1. The quantitative estimate of drug-likeness (QED) is 0.911. The number of halogens is 1. The van der Waals surface area contributed by atoms with E-state index in [0.717, 1.165) is 11.8 Å². The molecule has 4 heteroatoms. The highest BCUT2D eigenvalue weighted by Crippen LogP contribution is 2.35. The molecule has 18 heavy (non-hydrogen) atoms. The molecule has 0 saturated carbocycles. The van der Waals surface area contributed by atoms with Crippen molar-refractivity contribution in [3.05, 3.63) is 20.8 Å². The average molecular weight is 331 g/mol. The van der Waals surface area contributed by atoms with Gasteiger partial charge in [-0.2, -0.15) is 0 Å². The third-order valence-corrected chi connectivity index (χ3v) is 5.43. The molecule has 0 amide bonds. The molecule has 2 N–H and O–H groups in total. The van der Waals surface area contributed by atoms with E-state index < -0.39 is 0 Å². The Morgan fingerprint density at radius 1 is 1.39 bits per heavy atom. The van der Waals surface area contributed by atoms with Gasteiger partial charge in [-0.1, -0.05) is 13.8 Å². The van der Waals surface area contributed by atoms with E-state index in [1.54, 1.807) is 0 Å². The average Bonchev–Trinajstić information content (AvgIpc) is 2.62. The zero-order valence-electron chi connectivity index (χ0n) is 11.4. The Kier molecular flexibility index (Phi) is 4.86. The number of nitrogens with two attached hydrogens (primary N) is 1. The second-order valence-corrected chi connectivity index (χ2v) is 7.73. The highest BCUT2D eigenvalue weighted by molar-refractivity contribution is 9.10. The fourth-order valence-electron chi connectivity index (χ4n) is 3.19. The highest BCUT2D eigenvalue weighted by Gasteiger charge is 2.31. The van der Waals surface area contributed by atoms with Gasteiger partial charge < -0.3 is 5.73 Å². The van der Waals surface area contributed by atoms with Gasteiger partial charge in [0, 0.05) is 33.9 Å². The van der Waals surface area contributed by atoms with Crippen LogP contribution in [-0.4, -0.2) is 24.0 Å². The summed E-state index contributed by atoms with van der Waals surface area (Å²) >= 11 is 5.36. The van der Waals surface area contributed by atoms with Gasteiger partial charge >= 0.3 is 0 Å². The van der Waals surface area contributed by atoms with Crippen LogP contribution in [0.5, 0.6) is 0 Å². The summed E-state index contributed by atoms with van der Waals surface area (Å²) in [6.07, 6.45) is 1.34. The maximum Gasteiger partial charge on any atom is 0.0591 e.